The molecule has 12 nitrogen and oxygen atoms in total. The normalized spacial score (nSPS) is 22.2. The fourth-order valence-electron chi connectivity index (χ4n) is 6.89. The van der Waals surface area contributed by atoms with Crippen LogP contribution >= 0.6 is 7.82 Å². The molecule has 386 valence electrons. The second-order valence-corrected chi connectivity index (χ2v) is 18.3. The summed E-state index contributed by atoms with van der Waals surface area (Å²) in [7, 11) is -5.05. The fourth-order valence-corrected chi connectivity index (χ4v) is 7.86. The summed E-state index contributed by atoms with van der Waals surface area (Å²) in [6, 6.07) is 0. The molecule has 0 bridgehead atoms. The minimum atomic E-state index is -5.05. The molecule has 1 aliphatic rings. The van der Waals surface area contributed by atoms with Crippen molar-refractivity contribution < 1.29 is 58.3 Å². The maximum atomic E-state index is 12.9. The molecule has 0 aromatic rings. The Bertz CT molecular complexity index is 1580. The smallest absolute Gasteiger partial charge is 0.457 e. The maximum absolute atomic E-state index is 12.9. The second kappa shape index (κ2) is 43.7. The average molecular weight is 973 g/mol. The molecule has 0 heterocycles. The van der Waals surface area contributed by atoms with Gasteiger partial charge in [-0.15, -0.1) is 0 Å². The zero-order chi connectivity index (χ0) is 49.8. The summed E-state index contributed by atoms with van der Waals surface area (Å²) in [5.41, 5.74) is 0. The predicted octanol–water partition coefficient (Wildman–Crippen LogP) is 11.4. The van der Waals surface area contributed by atoms with Crippen molar-refractivity contribution in [2.24, 2.45) is 0 Å². The van der Waals surface area contributed by atoms with Gasteiger partial charge in [0, 0.05) is 13.0 Å². The van der Waals surface area contributed by atoms with Gasteiger partial charge < -0.3 is 39.9 Å². The number of aliphatic hydroxyl groups excluding tert-OH is 5. The number of phosphoric acid groups is 1. The van der Waals surface area contributed by atoms with Gasteiger partial charge in [0.2, 0.25) is 0 Å². The van der Waals surface area contributed by atoms with E-state index in [0.717, 1.165) is 96.3 Å². The standard InChI is InChI=1S/C55H89O12P/c1-3-5-7-9-11-13-15-17-19-21-22-23-24-25-26-27-29-31-33-35-37-39-41-43-45-64-46-48(47-65-68(62,63)67-55-53(60)51(58)50(57)52(59)54(55)61)66-49(56)44-42-40-38-36-34-32-30-28-20-18-16-14-12-10-8-6-4-2/h5-8,11-14,17-20,22-23,25-26,30,32,36,38,48,50-55,57-61H,3-4,9-10,15-16,21,24,27-29,31,33-35,37,39-47H2,1-2H3,(H,62,63)/b7-5-,8-6-,13-11-,14-12-,19-17-,20-18-,23-22-,26-25-,32-30-,38-36-. The molecule has 0 aromatic heterocycles. The number of carbonyl (C=O) groups excluding carboxylic acids is 1. The van der Waals surface area contributed by atoms with Crippen LogP contribution in [-0.4, -0.2) is 98.9 Å². The van der Waals surface area contributed by atoms with Crippen LogP contribution in [0.25, 0.3) is 0 Å². The quantitative estimate of drug-likeness (QED) is 0.0147. The fraction of sp³-hybridized carbons (Fsp3) is 0.618. The molecule has 1 aliphatic carbocycles. The van der Waals surface area contributed by atoms with Gasteiger partial charge in [0.15, 0.2) is 0 Å². The zero-order valence-corrected chi connectivity index (χ0v) is 42.2. The lowest BCUT2D eigenvalue weighted by Crippen LogP contribution is -2.64. The molecule has 13 heteroatoms. The van der Waals surface area contributed by atoms with E-state index in [1.807, 2.05) is 12.2 Å². The van der Waals surface area contributed by atoms with Crippen LogP contribution in [0.1, 0.15) is 155 Å². The third-order valence-corrected chi connectivity index (χ3v) is 11.8. The molecule has 0 aliphatic heterocycles. The van der Waals surface area contributed by atoms with Gasteiger partial charge in [-0.1, -0.05) is 174 Å². The van der Waals surface area contributed by atoms with E-state index in [2.05, 4.69) is 123 Å². The van der Waals surface area contributed by atoms with E-state index in [-0.39, 0.29) is 13.0 Å². The molecular weight excluding hydrogens is 884 g/mol. The molecule has 0 amide bonds. The lowest BCUT2D eigenvalue weighted by Gasteiger charge is -2.41. The van der Waals surface area contributed by atoms with Gasteiger partial charge in [0.25, 0.3) is 0 Å². The Kier molecular flexibility index (Phi) is 40.4. The molecule has 0 spiro atoms. The Morgan fingerprint density at radius 1 is 0.471 bits per heavy atom. The third kappa shape index (κ3) is 34.9. The molecular formula is C55H89O12P. The Morgan fingerprint density at radius 3 is 1.25 bits per heavy atom. The zero-order valence-electron chi connectivity index (χ0n) is 41.3. The van der Waals surface area contributed by atoms with Crippen molar-refractivity contribution in [1.82, 2.24) is 0 Å². The summed E-state index contributed by atoms with van der Waals surface area (Å²) in [4.78, 5) is 23.2. The molecule has 0 radical (unpaired) electrons. The van der Waals surface area contributed by atoms with Crippen molar-refractivity contribution >= 4 is 13.8 Å². The van der Waals surface area contributed by atoms with E-state index in [1.165, 1.54) is 25.7 Å². The van der Waals surface area contributed by atoms with Crippen molar-refractivity contribution in [3.8, 4) is 0 Å². The first-order valence-corrected chi connectivity index (χ1v) is 26.9. The van der Waals surface area contributed by atoms with Gasteiger partial charge in [-0.3, -0.25) is 13.8 Å². The lowest BCUT2D eigenvalue weighted by atomic mass is 9.85. The molecule has 6 atom stereocenters. The Morgan fingerprint density at radius 2 is 0.824 bits per heavy atom. The minimum absolute atomic E-state index is 0.0973. The number of allylic oxidation sites excluding steroid dienone is 20. The van der Waals surface area contributed by atoms with Gasteiger partial charge in [-0.25, -0.2) is 4.57 Å². The van der Waals surface area contributed by atoms with E-state index in [4.69, 9.17) is 18.5 Å². The number of ether oxygens (including phenoxy) is 2. The van der Waals surface area contributed by atoms with Crippen molar-refractivity contribution in [2.75, 3.05) is 19.8 Å². The number of esters is 1. The summed E-state index contributed by atoms with van der Waals surface area (Å²) in [5.74, 6) is -0.542. The van der Waals surface area contributed by atoms with E-state index < -0.39 is 63.1 Å². The molecule has 6 unspecified atom stereocenters. The van der Waals surface area contributed by atoms with Crippen LogP contribution in [0.5, 0.6) is 0 Å². The highest BCUT2D eigenvalue weighted by atomic mass is 31.2. The lowest BCUT2D eigenvalue weighted by molar-refractivity contribution is -0.220. The molecule has 1 rings (SSSR count). The molecule has 68 heavy (non-hydrogen) atoms. The largest absolute Gasteiger partial charge is 0.472 e. The number of aliphatic hydroxyl groups is 5. The minimum Gasteiger partial charge on any atom is -0.457 e. The maximum Gasteiger partial charge on any atom is 0.472 e. The van der Waals surface area contributed by atoms with Gasteiger partial charge in [-0.05, 0) is 96.3 Å². The van der Waals surface area contributed by atoms with E-state index in [9.17, 15) is 39.8 Å². The highest BCUT2D eigenvalue weighted by Gasteiger charge is 2.51. The predicted molar refractivity (Wildman–Crippen MR) is 276 cm³/mol. The van der Waals surface area contributed by atoms with Gasteiger partial charge in [-0.2, -0.15) is 0 Å². The SMILES string of the molecule is CC/C=C\C/C=C\C/C=C\C/C=C\C/C=C\CCCCCCCCCCOCC(COP(=O)(O)OC1C(O)C(O)C(O)C(O)C1O)OC(=O)CCC/C=C\C/C=C\C/C=C\C/C=C\C/C=C\CC. The summed E-state index contributed by atoms with van der Waals surface area (Å²) < 4.78 is 34.2. The molecule has 1 fully saturated rings. The molecule has 6 N–H and O–H groups in total. The number of hydrogen-bond acceptors (Lipinski definition) is 11. The van der Waals surface area contributed by atoms with Crippen LogP contribution in [-0.2, 0) is 27.9 Å². The highest BCUT2D eigenvalue weighted by Crippen LogP contribution is 2.47. The number of phosphoric ester groups is 1. The molecule has 1 saturated carbocycles. The summed E-state index contributed by atoms with van der Waals surface area (Å²) in [6.07, 6.45) is 51.3. The van der Waals surface area contributed by atoms with Crippen molar-refractivity contribution in [1.29, 1.82) is 0 Å². The average Bonchev–Trinajstić information content (AvgIpc) is 3.32. The first-order valence-electron chi connectivity index (χ1n) is 25.4. The van der Waals surface area contributed by atoms with Gasteiger partial charge in [0.05, 0.1) is 13.2 Å². The summed E-state index contributed by atoms with van der Waals surface area (Å²) >= 11 is 0. The topological polar surface area (TPSA) is 192 Å². The number of rotatable bonds is 41. The Labute approximate surface area is 409 Å². The van der Waals surface area contributed by atoms with Gasteiger partial charge in [0.1, 0.15) is 42.7 Å². The number of hydrogen-bond donors (Lipinski definition) is 6. The van der Waals surface area contributed by atoms with E-state index in [1.54, 1.807) is 0 Å². The van der Waals surface area contributed by atoms with E-state index >= 15 is 0 Å². The highest BCUT2D eigenvalue weighted by molar-refractivity contribution is 7.47. The van der Waals surface area contributed by atoms with E-state index in [0.29, 0.717) is 19.4 Å². The van der Waals surface area contributed by atoms with Crippen LogP contribution in [0.3, 0.4) is 0 Å². The van der Waals surface area contributed by atoms with Crippen molar-refractivity contribution in [3.63, 3.8) is 0 Å². The molecule has 0 aromatic carbocycles. The monoisotopic (exact) mass is 973 g/mol. The van der Waals surface area contributed by atoms with Crippen LogP contribution in [0, 0.1) is 0 Å². The third-order valence-electron chi connectivity index (χ3n) is 10.8. The van der Waals surface area contributed by atoms with Crippen LogP contribution < -0.4 is 0 Å². The van der Waals surface area contributed by atoms with Crippen molar-refractivity contribution in [3.05, 3.63) is 122 Å². The van der Waals surface area contributed by atoms with Crippen molar-refractivity contribution in [2.45, 2.75) is 198 Å². The number of unbranched alkanes of at least 4 members (excludes halogenated alkanes) is 9. The summed E-state index contributed by atoms with van der Waals surface area (Å²) in [5, 5.41) is 50.3. The van der Waals surface area contributed by atoms with Gasteiger partial charge >= 0.3 is 13.8 Å². The Hall–Kier alpha value is -3.26. The Balaban J connectivity index is 2.39. The first-order chi connectivity index (χ1) is 33.0. The second-order valence-electron chi connectivity index (χ2n) is 16.9. The molecule has 0 saturated heterocycles. The van der Waals surface area contributed by atoms with Crippen LogP contribution in [0.2, 0.25) is 0 Å². The van der Waals surface area contributed by atoms with Crippen LogP contribution in [0.4, 0.5) is 0 Å². The number of carbonyl (C=O) groups is 1. The first kappa shape index (κ1) is 62.8. The summed E-state index contributed by atoms with van der Waals surface area (Å²) in [6.45, 7) is 3.93. The van der Waals surface area contributed by atoms with Crippen LogP contribution in [0.15, 0.2) is 122 Å².